The Morgan fingerprint density at radius 2 is 1.94 bits per heavy atom. The third kappa shape index (κ3) is 2.58. The lowest BCUT2D eigenvalue weighted by Gasteiger charge is -2.07. The molecule has 0 aliphatic rings. The molecule has 0 bridgehead atoms. The zero-order valence-electron chi connectivity index (χ0n) is 8.76. The van der Waals surface area contributed by atoms with Gasteiger partial charge in [0, 0.05) is 27.6 Å². The summed E-state index contributed by atoms with van der Waals surface area (Å²) in [6.07, 6.45) is -4.51. The summed E-state index contributed by atoms with van der Waals surface area (Å²) >= 11 is 1.42. The van der Waals surface area contributed by atoms with Crippen molar-refractivity contribution in [3.63, 3.8) is 0 Å². The first kappa shape index (κ1) is 11.9. The second-order valence-electron chi connectivity index (χ2n) is 3.59. The number of aromatic nitrogens is 1. The minimum absolute atomic E-state index is 0.189. The topological polar surface area (TPSA) is 32.9 Å². The first-order chi connectivity index (χ1) is 7.86. The quantitative estimate of drug-likeness (QED) is 0.836. The summed E-state index contributed by atoms with van der Waals surface area (Å²) in [5, 5.41) is 1.71. The Balaban J connectivity index is 2.57. The third-order valence-electron chi connectivity index (χ3n) is 2.21. The van der Waals surface area contributed by atoms with E-state index in [0.29, 0.717) is 11.6 Å². The largest absolute Gasteiger partial charge is 0.416 e. The van der Waals surface area contributed by atoms with Crippen LogP contribution in [0.5, 0.6) is 0 Å². The van der Waals surface area contributed by atoms with E-state index >= 15 is 0 Å². The first-order valence-electron chi connectivity index (χ1n) is 4.73. The van der Waals surface area contributed by atoms with E-state index in [-0.39, 0.29) is 5.69 Å². The summed E-state index contributed by atoms with van der Waals surface area (Å²) in [6, 6.07) is 3.24. The Kier molecular flexibility index (Phi) is 2.82. The fraction of sp³-hybridized carbons (Fsp3) is 0.182. The van der Waals surface area contributed by atoms with Crippen LogP contribution in [-0.2, 0) is 6.18 Å². The van der Waals surface area contributed by atoms with Crippen LogP contribution in [0.1, 0.15) is 10.4 Å². The lowest BCUT2D eigenvalue weighted by molar-refractivity contribution is -0.137. The number of hydrogen-bond acceptors (Lipinski definition) is 2. The molecule has 0 fully saturated rings. The van der Waals surface area contributed by atoms with E-state index in [1.54, 1.807) is 11.4 Å². The van der Waals surface area contributed by atoms with Gasteiger partial charge in [-0.05, 0) is 19.1 Å². The number of alkyl halides is 3. The van der Waals surface area contributed by atoms with Gasteiger partial charge in [-0.2, -0.15) is 13.2 Å². The molecule has 1 N–H and O–H groups in total. The molecular weight excluding hydrogens is 251 g/mol. The fourth-order valence-corrected chi connectivity index (χ4v) is 2.15. The van der Waals surface area contributed by atoms with E-state index in [0.717, 1.165) is 10.9 Å². The lowest BCUT2D eigenvalue weighted by atomic mass is 10.1. The molecule has 0 aliphatic heterocycles. The second kappa shape index (κ2) is 4.03. The highest BCUT2D eigenvalue weighted by molar-refractivity contribution is 7.10. The molecule has 0 spiro atoms. The van der Waals surface area contributed by atoms with Crippen molar-refractivity contribution in [3.8, 4) is 11.3 Å². The van der Waals surface area contributed by atoms with E-state index in [2.05, 4.69) is 4.98 Å². The predicted octanol–water partition coefficient (Wildman–Crippen LogP) is 3.43. The van der Waals surface area contributed by atoms with Crippen molar-refractivity contribution in [1.29, 1.82) is 0 Å². The van der Waals surface area contributed by atoms with Gasteiger partial charge in [-0.25, -0.2) is 0 Å². The Morgan fingerprint density at radius 1 is 1.24 bits per heavy atom. The highest BCUT2D eigenvalue weighted by Crippen LogP contribution is 2.31. The fourth-order valence-electron chi connectivity index (χ4n) is 1.45. The number of H-pyrrole nitrogens is 1. The molecule has 2 nitrogen and oxygen atoms in total. The van der Waals surface area contributed by atoms with Gasteiger partial charge in [-0.3, -0.25) is 4.79 Å². The molecule has 0 saturated heterocycles. The van der Waals surface area contributed by atoms with Crippen LogP contribution in [0.4, 0.5) is 13.2 Å². The number of aryl methyl sites for hydroxylation is 1. The average molecular weight is 259 g/mol. The van der Waals surface area contributed by atoms with Crippen molar-refractivity contribution < 1.29 is 13.2 Å². The van der Waals surface area contributed by atoms with Gasteiger partial charge in [0.05, 0.1) is 5.56 Å². The van der Waals surface area contributed by atoms with Gasteiger partial charge < -0.3 is 4.98 Å². The number of halogens is 3. The Labute approximate surface area is 98.7 Å². The molecule has 90 valence electrons. The summed E-state index contributed by atoms with van der Waals surface area (Å²) < 4.78 is 37.6. The van der Waals surface area contributed by atoms with Crippen LogP contribution < -0.4 is 5.56 Å². The minimum Gasteiger partial charge on any atom is -0.322 e. The van der Waals surface area contributed by atoms with Crippen molar-refractivity contribution in [2.24, 2.45) is 0 Å². The maximum absolute atomic E-state index is 12.5. The molecule has 2 aromatic rings. The molecule has 0 aliphatic carbocycles. The zero-order valence-corrected chi connectivity index (χ0v) is 9.58. The van der Waals surface area contributed by atoms with Crippen LogP contribution >= 0.6 is 11.3 Å². The number of nitrogens with one attached hydrogen (secondary N) is 1. The maximum Gasteiger partial charge on any atom is 0.416 e. The molecule has 0 amide bonds. The van der Waals surface area contributed by atoms with Crippen LogP contribution in [-0.4, -0.2) is 4.98 Å². The second-order valence-corrected chi connectivity index (χ2v) is 4.71. The van der Waals surface area contributed by atoms with Crippen molar-refractivity contribution in [3.05, 3.63) is 44.4 Å². The number of thiophene rings is 1. The van der Waals surface area contributed by atoms with Crippen molar-refractivity contribution in [1.82, 2.24) is 4.98 Å². The molecule has 2 aromatic heterocycles. The van der Waals surface area contributed by atoms with Crippen LogP contribution in [0.3, 0.4) is 0 Å². The number of hydrogen-bond donors (Lipinski definition) is 1. The van der Waals surface area contributed by atoms with Crippen LogP contribution in [0.15, 0.2) is 28.4 Å². The summed E-state index contributed by atoms with van der Waals surface area (Å²) in [6.45, 7) is 1.85. The molecule has 0 aromatic carbocycles. The summed E-state index contributed by atoms with van der Waals surface area (Å²) in [5.41, 5.74) is -0.899. The number of pyridine rings is 1. The smallest absolute Gasteiger partial charge is 0.322 e. The van der Waals surface area contributed by atoms with E-state index < -0.39 is 17.3 Å². The third-order valence-corrected chi connectivity index (χ3v) is 3.07. The average Bonchev–Trinajstić information content (AvgIpc) is 2.62. The normalized spacial score (nSPS) is 11.8. The lowest BCUT2D eigenvalue weighted by Crippen LogP contribution is -2.13. The van der Waals surface area contributed by atoms with E-state index in [1.165, 1.54) is 11.3 Å². The van der Waals surface area contributed by atoms with E-state index in [1.807, 2.05) is 6.92 Å². The molecule has 0 unspecified atom stereocenters. The molecule has 0 atom stereocenters. The Morgan fingerprint density at radius 3 is 2.47 bits per heavy atom. The van der Waals surface area contributed by atoms with Gasteiger partial charge >= 0.3 is 6.18 Å². The van der Waals surface area contributed by atoms with Crippen LogP contribution in [0, 0.1) is 6.92 Å². The molecule has 0 radical (unpaired) electrons. The van der Waals surface area contributed by atoms with Crippen molar-refractivity contribution in [2.45, 2.75) is 13.1 Å². The molecule has 0 saturated carbocycles. The van der Waals surface area contributed by atoms with Gasteiger partial charge in [0.15, 0.2) is 0 Å². The van der Waals surface area contributed by atoms with Gasteiger partial charge in [-0.15, -0.1) is 11.3 Å². The van der Waals surface area contributed by atoms with Gasteiger partial charge in [0.25, 0.3) is 0 Å². The summed E-state index contributed by atoms with van der Waals surface area (Å²) in [4.78, 5) is 14.6. The predicted molar refractivity (Wildman–Crippen MR) is 60.1 cm³/mol. The Bertz CT molecular complexity index is 597. The van der Waals surface area contributed by atoms with Crippen molar-refractivity contribution >= 4 is 11.3 Å². The van der Waals surface area contributed by atoms with Gasteiger partial charge in [-0.1, -0.05) is 0 Å². The molecular formula is C11H8F3NOS. The number of aromatic amines is 1. The zero-order chi connectivity index (χ0) is 12.6. The van der Waals surface area contributed by atoms with Crippen molar-refractivity contribution in [2.75, 3.05) is 0 Å². The first-order valence-corrected chi connectivity index (χ1v) is 5.61. The number of rotatable bonds is 1. The van der Waals surface area contributed by atoms with Gasteiger partial charge in [0.1, 0.15) is 0 Å². The standard InChI is InChI=1S/C11H8F3NOS/c1-6-2-7(5-17-6)9-3-8(11(12,13)14)4-10(16)15-9/h2-5H,1H3,(H,15,16). The molecule has 17 heavy (non-hydrogen) atoms. The van der Waals surface area contributed by atoms with Crippen LogP contribution in [0.2, 0.25) is 0 Å². The minimum atomic E-state index is -4.51. The maximum atomic E-state index is 12.5. The highest BCUT2D eigenvalue weighted by atomic mass is 32.1. The van der Waals surface area contributed by atoms with E-state index in [9.17, 15) is 18.0 Å². The van der Waals surface area contributed by atoms with E-state index in [4.69, 9.17) is 0 Å². The molecule has 6 heteroatoms. The molecule has 2 heterocycles. The van der Waals surface area contributed by atoms with Gasteiger partial charge in [0.2, 0.25) is 5.56 Å². The monoisotopic (exact) mass is 259 g/mol. The molecule has 2 rings (SSSR count). The van der Waals surface area contributed by atoms with Crippen LogP contribution in [0.25, 0.3) is 11.3 Å². The summed E-state index contributed by atoms with van der Waals surface area (Å²) in [5.74, 6) is 0. The highest BCUT2D eigenvalue weighted by Gasteiger charge is 2.31. The summed E-state index contributed by atoms with van der Waals surface area (Å²) in [7, 11) is 0. The SMILES string of the molecule is Cc1cc(-c2cc(C(F)(F)F)cc(=O)[nH]2)cs1. The Hall–Kier alpha value is -1.56.